The molecule has 0 bridgehead atoms. The molecule has 1 aliphatic rings. The smallest absolute Gasteiger partial charge is 0.267 e. The van der Waals surface area contributed by atoms with Crippen molar-refractivity contribution in [1.82, 2.24) is 9.55 Å². The van der Waals surface area contributed by atoms with Crippen LogP contribution in [-0.2, 0) is 17.8 Å². The fraction of sp³-hybridized carbons (Fsp3) is 0.478. The Morgan fingerprint density at radius 3 is 2.70 bits per heavy atom. The number of benzene rings is 1. The van der Waals surface area contributed by atoms with Crippen LogP contribution in [0.2, 0.25) is 0 Å². The first-order chi connectivity index (χ1) is 14.3. The van der Waals surface area contributed by atoms with Crippen LogP contribution in [0, 0.1) is 5.92 Å². The van der Waals surface area contributed by atoms with Crippen LogP contribution >= 0.6 is 23.1 Å². The van der Waals surface area contributed by atoms with Crippen LogP contribution in [0.5, 0.6) is 5.75 Å². The number of thioether (sulfide) groups is 1. The molecule has 0 fully saturated rings. The van der Waals surface area contributed by atoms with Crippen molar-refractivity contribution in [2.45, 2.75) is 57.9 Å². The van der Waals surface area contributed by atoms with E-state index in [0.29, 0.717) is 12.5 Å². The highest BCUT2D eigenvalue weighted by atomic mass is 32.2. The minimum atomic E-state index is -0.233. The molecule has 160 valence electrons. The Bertz CT molecular complexity index is 1120. The number of fused-ring (bicyclic) bond motifs is 3. The molecule has 2 aromatic heterocycles. The molecular weight excluding hydrogens is 416 g/mol. The van der Waals surface area contributed by atoms with E-state index in [0.717, 1.165) is 55.8 Å². The fourth-order valence-electron chi connectivity index (χ4n) is 3.63. The molecule has 4 rings (SSSR count). The van der Waals surface area contributed by atoms with Gasteiger partial charge in [-0.2, -0.15) is 0 Å². The molecule has 0 aliphatic carbocycles. The molecule has 0 radical (unpaired) electrons. The van der Waals surface area contributed by atoms with Gasteiger partial charge in [0.1, 0.15) is 10.6 Å². The Labute approximate surface area is 185 Å². The summed E-state index contributed by atoms with van der Waals surface area (Å²) in [7, 11) is 1.64. The number of thiophene rings is 1. The Kier molecular flexibility index (Phi) is 5.97. The van der Waals surface area contributed by atoms with Gasteiger partial charge in [-0.15, -0.1) is 11.3 Å². The molecule has 3 heterocycles. The third kappa shape index (κ3) is 3.90. The second-order valence-corrected chi connectivity index (χ2v) is 10.5. The summed E-state index contributed by atoms with van der Waals surface area (Å²) in [5.74, 6) is 2.17. The summed E-state index contributed by atoms with van der Waals surface area (Å²) in [5.41, 5.74) is 1.70. The summed E-state index contributed by atoms with van der Waals surface area (Å²) in [5, 5.41) is 1.49. The summed E-state index contributed by atoms with van der Waals surface area (Å²) in [6, 6.07) is 7.61. The molecule has 5 nitrogen and oxygen atoms in total. The van der Waals surface area contributed by atoms with Crippen molar-refractivity contribution < 1.29 is 9.47 Å². The van der Waals surface area contributed by atoms with Gasteiger partial charge in [-0.25, -0.2) is 4.98 Å². The molecule has 3 aromatic rings. The highest BCUT2D eigenvalue weighted by Gasteiger charge is 2.33. The maximum atomic E-state index is 13.8. The highest BCUT2D eigenvalue weighted by Crippen LogP contribution is 2.39. The van der Waals surface area contributed by atoms with Crippen molar-refractivity contribution in [2.24, 2.45) is 5.92 Å². The normalized spacial score (nSPS) is 18.7. The van der Waals surface area contributed by atoms with Gasteiger partial charge in [0.05, 0.1) is 30.4 Å². The van der Waals surface area contributed by atoms with Crippen molar-refractivity contribution in [3.63, 3.8) is 0 Å². The predicted molar refractivity (Wildman–Crippen MR) is 125 cm³/mol. The van der Waals surface area contributed by atoms with Crippen molar-refractivity contribution in [3.8, 4) is 11.4 Å². The standard InChI is InChI=1S/C23H28N2O3S2/c1-6-23(4)11-17-18(12-28-23)30-20-19(17)21(26)25(22(24-20)29-13-14(2)3)15-7-9-16(27-5)10-8-15/h7-10,14H,6,11-13H2,1-5H3/t23-/m0/s1. The maximum Gasteiger partial charge on any atom is 0.267 e. The second-order valence-electron chi connectivity index (χ2n) is 8.39. The summed E-state index contributed by atoms with van der Waals surface area (Å²) < 4.78 is 13.2. The lowest BCUT2D eigenvalue weighted by Crippen LogP contribution is -2.34. The molecule has 1 aliphatic heterocycles. The molecule has 0 amide bonds. The zero-order valence-corrected chi connectivity index (χ0v) is 19.8. The van der Waals surface area contributed by atoms with Gasteiger partial charge in [0.15, 0.2) is 5.16 Å². The molecule has 30 heavy (non-hydrogen) atoms. The number of nitrogens with zero attached hydrogens (tertiary/aromatic N) is 2. The van der Waals surface area contributed by atoms with Crippen LogP contribution in [0.1, 0.15) is 44.6 Å². The van der Waals surface area contributed by atoms with Crippen LogP contribution in [0.15, 0.2) is 34.2 Å². The van der Waals surface area contributed by atoms with Gasteiger partial charge in [-0.05, 0) is 49.1 Å². The van der Waals surface area contributed by atoms with E-state index in [-0.39, 0.29) is 11.2 Å². The Morgan fingerprint density at radius 1 is 1.33 bits per heavy atom. The number of aromatic nitrogens is 2. The number of hydrogen-bond donors (Lipinski definition) is 0. The molecule has 7 heteroatoms. The van der Waals surface area contributed by atoms with E-state index in [1.165, 1.54) is 0 Å². The van der Waals surface area contributed by atoms with Gasteiger partial charge in [-0.1, -0.05) is 32.5 Å². The van der Waals surface area contributed by atoms with Crippen molar-refractivity contribution in [2.75, 3.05) is 12.9 Å². The first-order valence-electron chi connectivity index (χ1n) is 10.3. The third-order valence-corrected chi connectivity index (χ3v) is 8.07. The molecule has 0 N–H and O–H groups in total. The Balaban J connectivity index is 1.92. The van der Waals surface area contributed by atoms with Gasteiger partial charge in [-0.3, -0.25) is 9.36 Å². The lowest BCUT2D eigenvalue weighted by molar-refractivity contribution is -0.0543. The summed E-state index contributed by atoms with van der Waals surface area (Å²) in [4.78, 5) is 20.7. The SMILES string of the molecule is CC[C@@]1(C)Cc2c(sc3nc(SCC(C)C)n(-c4ccc(OC)cc4)c(=O)c23)CO1. The predicted octanol–water partition coefficient (Wildman–Crippen LogP) is 5.45. The summed E-state index contributed by atoms with van der Waals surface area (Å²) in [6.07, 6.45) is 1.66. The zero-order valence-electron chi connectivity index (χ0n) is 18.2. The third-order valence-electron chi connectivity index (χ3n) is 5.60. The van der Waals surface area contributed by atoms with Crippen molar-refractivity contribution in [1.29, 1.82) is 0 Å². The van der Waals surface area contributed by atoms with Crippen LogP contribution in [0.4, 0.5) is 0 Å². The number of hydrogen-bond acceptors (Lipinski definition) is 6. The summed E-state index contributed by atoms with van der Waals surface area (Å²) in [6.45, 7) is 9.16. The first kappa shape index (κ1) is 21.4. The van der Waals surface area contributed by atoms with Crippen molar-refractivity contribution in [3.05, 3.63) is 45.1 Å². The minimum absolute atomic E-state index is 0.00859. The van der Waals surface area contributed by atoms with Crippen LogP contribution in [0.3, 0.4) is 0 Å². The lowest BCUT2D eigenvalue weighted by Gasteiger charge is -2.32. The van der Waals surface area contributed by atoms with Crippen LogP contribution in [-0.4, -0.2) is 28.0 Å². The minimum Gasteiger partial charge on any atom is -0.497 e. The van der Waals surface area contributed by atoms with Crippen LogP contribution in [0.25, 0.3) is 15.9 Å². The van der Waals surface area contributed by atoms with E-state index >= 15 is 0 Å². The second kappa shape index (κ2) is 8.36. The monoisotopic (exact) mass is 444 g/mol. The Morgan fingerprint density at radius 2 is 2.07 bits per heavy atom. The highest BCUT2D eigenvalue weighted by molar-refractivity contribution is 7.99. The van der Waals surface area contributed by atoms with Gasteiger partial charge in [0.2, 0.25) is 0 Å². The maximum absolute atomic E-state index is 13.8. The molecule has 1 atom stereocenters. The molecular formula is C23H28N2O3S2. The Hall–Kier alpha value is -1.83. The molecule has 1 aromatic carbocycles. The van der Waals surface area contributed by atoms with Crippen LogP contribution < -0.4 is 10.3 Å². The van der Waals surface area contributed by atoms with E-state index in [9.17, 15) is 4.79 Å². The van der Waals surface area contributed by atoms with Gasteiger partial charge in [0, 0.05) is 17.1 Å². The van der Waals surface area contributed by atoms with Gasteiger partial charge < -0.3 is 9.47 Å². The van der Waals surface area contributed by atoms with E-state index < -0.39 is 0 Å². The number of methoxy groups -OCH3 is 1. The average Bonchev–Trinajstić information content (AvgIpc) is 3.10. The lowest BCUT2D eigenvalue weighted by atomic mass is 9.90. The first-order valence-corrected chi connectivity index (χ1v) is 12.1. The quantitative estimate of drug-likeness (QED) is 0.374. The molecule has 0 unspecified atom stereocenters. The molecule has 0 saturated heterocycles. The average molecular weight is 445 g/mol. The largest absolute Gasteiger partial charge is 0.497 e. The number of rotatable bonds is 6. The molecule has 0 spiro atoms. The van der Waals surface area contributed by atoms with Crippen molar-refractivity contribution >= 4 is 33.3 Å². The van der Waals surface area contributed by atoms with E-state index in [2.05, 4.69) is 27.7 Å². The van der Waals surface area contributed by atoms with E-state index in [1.54, 1.807) is 34.8 Å². The summed E-state index contributed by atoms with van der Waals surface area (Å²) >= 11 is 3.24. The van der Waals surface area contributed by atoms with E-state index in [1.807, 2.05) is 24.3 Å². The topological polar surface area (TPSA) is 53.4 Å². The van der Waals surface area contributed by atoms with Gasteiger partial charge in [0.25, 0.3) is 5.56 Å². The zero-order chi connectivity index (χ0) is 21.5. The molecule has 0 saturated carbocycles. The fourth-order valence-corrected chi connectivity index (χ4v) is 5.73. The van der Waals surface area contributed by atoms with Gasteiger partial charge >= 0.3 is 0 Å². The van der Waals surface area contributed by atoms with E-state index in [4.69, 9.17) is 14.5 Å². The number of ether oxygens (including phenoxy) is 2.